The van der Waals surface area contributed by atoms with Crippen LogP contribution in [0, 0.1) is 0 Å². The number of ether oxygens (including phenoxy) is 1. The smallest absolute Gasteiger partial charge is 0.235 e. The fourth-order valence-corrected chi connectivity index (χ4v) is 1.34. The van der Waals surface area contributed by atoms with Crippen molar-refractivity contribution in [1.82, 2.24) is 9.97 Å². The van der Waals surface area contributed by atoms with Crippen LogP contribution >= 0.6 is 0 Å². The van der Waals surface area contributed by atoms with Crippen LogP contribution in [0.25, 0.3) is 0 Å². The first kappa shape index (κ1) is 11.9. The molecular formula is C11H18N2O2. The number of nitrogens with zero attached hydrogens (tertiary/aromatic N) is 2. The third-order valence-electron chi connectivity index (χ3n) is 2.15. The molecule has 0 aliphatic rings. The van der Waals surface area contributed by atoms with E-state index in [1.807, 2.05) is 0 Å². The number of rotatable bonds is 5. The number of aryl methyl sites for hydroxylation is 1. The molecule has 1 aromatic heterocycles. The van der Waals surface area contributed by atoms with Gasteiger partial charge in [0, 0.05) is 18.7 Å². The summed E-state index contributed by atoms with van der Waals surface area (Å²) in [6.07, 6.45) is 3.20. The Hall–Kier alpha value is -1.16. The molecule has 4 heteroatoms. The van der Waals surface area contributed by atoms with Crippen molar-refractivity contribution in [1.29, 1.82) is 0 Å². The largest absolute Gasteiger partial charge is 0.480 e. The number of aliphatic hydroxyl groups is 1. The Kier molecular flexibility index (Phi) is 4.49. The van der Waals surface area contributed by atoms with Gasteiger partial charge in [0.25, 0.3) is 0 Å². The van der Waals surface area contributed by atoms with E-state index in [0.29, 0.717) is 18.2 Å². The van der Waals surface area contributed by atoms with E-state index in [-0.39, 0.29) is 6.61 Å². The molecule has 0 radical (unpaired) electrons. The van der Waals surface area contributed by atoms with Crippen LogP contribution in [0.2, 0.25) is 0 Å². The molecule has 1 rings (SSSR count). The number of aliphatic hydroxyl groups excluding tert-OH is 1. The van der Waals surface area contributed by atoms with E-state index in [1.54, 1.807) is 13.3 Å². The highest BCUT2D eigenvalue weighted by molar-refractivity contribution is 5.23. The van der Waals surface area contributed by atoms with Crippen LogP contribution in [0.15, 0.2) is 6.20 Å². The maximum atomic E-state index is 8.72. The Morgan fingerprint density at radius 2 is 2.20 bits per heavy atom. The molecule has 1 N–H and O–H groups in total. The van der Waals surface area contributed by atoms with Gasteiger partial charge in [-0.1, -0.05) is 13.8 Å². The van der Waals surface area contributed by atoms with Crippen molar-refractivity contribution in [3.8, 4) is 5.88 Å². The Bertz CT molecular complexity index is 313. The van der Waals surface area contributed by atoms with Gasteiger partial charge in [0.2, 0.25) is 5.88 Å². The molecule has 0 atom stereocenters. The monoisotopic (exact) mass is 210 g/mol. The zero-order valence-corrected chi connectivity index (χ0v) is 9.53. The highest BCUT2D eigenvalue weighted by Crippen LogP contribution is 2.21. The summed E-state index contributed by atoms with van der Waals surface area (Å²) in [4.78, 5) is 8.69. The number of hydrogen-bond donors (Lipinski definition) is 1. The summed E-state index contributed by atoms with van der Waals surface area (Å²) in [6.45, 7) is 4.29. The summed E-state index contributed by atoms with van der Waals surface area (Å²) < 4.78 is 5.19. The third kappa shape index (κ3) is 3.16. The Labute approximate surface area is 90.3 Å². The van der Waals surface area contributed by atoms with Crippen molar-refractivity contribution in [2.75, 3.05) is 13.7 Å². The second kappa shape index (κ2) is 5.66. The summed E-state index contributed by atoms with van der Waals surface area (Å²) in [6, 6.07) is 0. The minimum Gasteiger partial charge on any atom is -0.480 e. The van der Waals surface area contributed by atoms with Gasteiger partial charge in [0.15, 0.2) is 0 Å². The van der Waals surface area contributed by atoms with Gasteiger partial charge in [0.1, 0.15) is 5.69 Å². The van der Waals surface area contributed by atoms with Crippen molar-refractivity contribution < 1.29 is 9.84 Å². The lowest BCUT2D eigenvalue weighted by Gasteiger charge is -2.10. The number of hydrogen-bond acceptors (Lipinski definition) is 4. The molecule has 1 aromatic rings. The molecule has 0 aliphatic carbocycles. The minimum atomic E-state index is 0.177. The fraction of sp³-hybridized carbons (Fsp3) is 0.636. The molecule has 0 fully saturated rings. The Morgan fingerprint density at radius 3 is 2.73 bits per heavy atom. The lowest BCUT2D eigenvalue weighted by atomic mass is 10.1. The predicted octanol–water partition coefficient (Wildman–Crippen LogP) is 1.53. The second-order valence-electron chi connectivity index (χ2n) is 3.74. The topological polar surface area (TPSA) is 55.2 Å². The number of methoxy groups -OCH3 is 1. The van der Waals surface area contributed by atoms with E-state index in [1.165, 1.54) is 0 Å². The molecular weight excluding hydrogens is 192 g/mol. The van der Waals surface area contributed by atoms with E-state index in [4.69, 9.17) is 9.84 Å². The van der Waals surface area contributed by atoms with Crippen LogP contribution in [0.4, 0.5) is 0 Å². The predicted molar refractivity (Wildman–Crippen MR) is 58.1 cm³/mol. The Balaban J connectivity index is 2.87. The van der Waals surface area contributed by atoms with Crippen molar-refractivity contribution in [2.24, 2.45) is 0 Å². The van der Waals surface area contributed by atoms with E-state index in [2.05, 4.69) is 23.8 Å². The summed E-state index contributed by atoms with van der Waals surface area (Å²) in [7, 11) is 1.60. The van der Waals surface area contributed by atoms with Gasteiger partial charge in [0.05, 0.1) is 12.8 Å². The maximum Gasteiger partial charge on any atom is 0.235 e. The van der Waals surface area contributed by atoms with Crippen molar-refractivity contribution in [3.63, 3.8) is 0 Å². The van der Waals surface area contributed by atoms with Crippen molar-refractivity contribution in [3.05, 3.63) is 17.6 Å². The van der Waals surface area contributed by atoms with E-state index in [0.717, 1.165) is 17.8 Å². The molecule has 0 spiro atoms. The van der Waals surface area contributed by atoms with Crippen LogP contribution in [0.1, 0.15) is 37.6 Å². The van der Waals surface area contributed by atoms with Crippen LogP contribution in [-0.2, 0) is 6.42 Å². The highest BCUT2D eigenvalue weighted by Gasteiger charge is 2.11. The maximum absolute atomic E-state index is 8.72. The molecule has 15 heavy (non-hydrogen) atoms. The van der Waals surface area contributed by atoms with Gasteiger partial charge in [-0.3, -0.25) is 4.98 Å². The van der Waals surface area contributed by atoms with Gasteiger partial charge in [-0.15, -0.1) is 0 Å². The molecule has 0 amide bonds. The molecule has 4 nitrogen and oxygen atoms in total. The molecule has 0 saturated carbocycles. The van der Waals surface area contributed by atoms with Crippen molar-refractivity contribution >= 4 is 0 Å². The third-order valence-corrected chi connectivity index (χ3v) is 2.15. The quantitative estimate of drug-likeness (QED) is 0.800. The van der Waals surface area contributed by atoms with Gasteiger partial charge in [-0.25, -0.2) is 4.98 Å². The summed E-state index contributed by atoms with van der Waals surface area (Å²) in [5, 5.41) is 8.72. The first-order chi connectivity index (χ1) is 7.19. The van der Waals surface area contributed by atoms with Gasteiger partial charge in [-0.05, 0) is 12.8 Å². The number of aromatic nitrogens is 2. The van der Waals surface area contributed by atoms with Crippen molar-refractivity contribution in [2.45, 2.75) is 32.6 Å². The molecule has 84 valence electrons. The Morgan fingerprint density at radius 1 is 1.47 bits per heavy atom. The summed E-state index contributed by atoms with van der Waals surface area (Å²) in [5.41, 5.74) is 1.75. The molecule has 0 saturated heterocycles. The van der Waals surface area contributed by atoms with Crippen LogP contribution < -0.4 is 4.74 Å². The lowest BCUT2D eigenvalue weighted by molar-refractivity contribution is 0.287. The molecule has 0 bridgehead atoms. The molecule has 0 unspecified atom stereocenters. The van der Waals surface area contributed by atoms with E-state index >= 15 is 0 Å². The fourth-order valence-electron chi connectivity index (χ4n) is 1.34. The van der Waals surface area contributed by atoms with Crippen LogP contribution in [0.3, 0.4) is 0 Å². The van der Waals surface area contributed by atoms with Gasteiger partial charge >= 0.3 is 0 Å². The first-order valence-corrected chi connectivity index (χ1v) is 5.19. The SMILES string of the molecule is COc1nc(CCCO)cnc1C(C)C. The molecule has 0 aliphatic heterocycles. The lowest BCUT2D eigenvalue weighted by Crippen LogP contribution is -2.04. The minimum absolute atomic E-state index is 0.177. The summed E-state index contributed by atoms with van der Waals surface area (Å²) >= 11 is 0. The first-order valence-electron chi connectivity index (χ1n) is 5.19. The summed E-state index contributed by atoms with van der Waals surface area (Å²) in [5.74, 6) is 0.903. The van der Waals surface area contributed by atoms with Gasteiger partial charge < -0.3 is 9.84 Å². The molecule has 1 heterocycles. The average molecular weight is 210 g/mol. The molecule has 0 aromatic carbocycles. The second-order valence-corrected chi connectivity index (χ2v) is 3.74. The zero-order valence-electron chi connectivity index (χ0n) is 9.53. The van der Waals surface area contributed by atoms with E-state index in [9.17, 15) is 0 Å². The normalized spacial score (nSPS) is 10.7. The van der Waals surface area contributed by atoms with Crippen LogP contribution in [-0.4, -0.2) is 28.8 Å². The zero-order chi connectivity index (χ0) is 11.3. The van der Waals surface area contributed by atoms with Gasteiger partial charge in [-0.2, -0.15) is 0 Å². The van der Waals surface area contributed by atoms with E-state index < -0.39 is 0 Å². The van der Waals surface area contributed by atoms with Crippen LogP contribution in [0.5, 0.6) is 5.88 Å². The highest BCUT2D eigenvalue weighted by atomic mass is 16.5. The average Bonchev–Trinajstić information content (AvgIpc) is 2.25. The standard InChI is InChI=1S/C11H18N2O2/c1-8(2)10-11(15-3)13-9(7-12-10)5-4-6-14/h7-8,14H,4-6H2,1-3H3.